The van der Waals surface area contributed by atoms with Crippen LogP contribution in [0.4, 0.5) is 5.69 Å². The zero-order valence-electron chi connectivity index (χ0n) is 14.0. The summed E-state index contributed by atoms with van der Waals surface area (Å²) in [6.07, 6.45) is -0.602. The van der Waals surface area contributed by atoms with Crippen LogP contribution in [0.3, 0.4) is 0 Å². The number of hydrogen-bond donors (Lipinski definition) is 1. The Morgan fingerprint density at radius 1 is 1.04 bits per heavy atom. The molecular formula is C19H23NO4. The first-order valence-electron chi connectivity index (χ1n) is 8.02. The van der Waals surface area contributed by atoms with E-state index in [1.807, 2.05) is 55.5 Å². The SMILES string of the molecule is CCOCCOc1cccc(NC(=O)C(C)Oc2ccccc2)c1. The first-order chi connectivity index (χ1) is 11.7. The van der Waals surface area contributed by atoms with Crippen molar-refractivity contribution in [1.29, 1.82) is 0 Å². The van der Waals surface area contributed by atoms with Crippen molar-refractivity contribution in [2.24, 2.45) is 0 Å². The van der Waals surface area contributed by atoms with Gasteiger partial charge in [-0.2, -0.15) is 0 Å². The highest BCUT2D eigenvalue weighted by atomic mass is 16.5. The van der Waals surface area contributed by atoms with Crippen molar-refractivity contribution in [2.45, 2.75) is 20.0 Å². The summed E-state index contributed by atoms with van der Waals surface area (Å²) >= 11 is 0. The quantitative estimate of drug-likeness (QED) is 0.715. The first-order valence-corrected chi connectivity index (χ1v) is 8.02. The summed E-state index contributed by atoms with van der Waals surface area (Å²) in [5, 5.41) is 2.83. The van der Waals surface area contributed by atoms with Crippen molar-refractivity contribution >= 4 is 11.6 Å². The Morgan fingerprint density at radius 3 is 2.54 bits per heavy atom. The number of carbonyl (C=O) groups excluding carboxylic acids is 1. The fraction of sp³-hybridized carbons (Fsp3) is 0.316. The third-order valence-corrected chi connectivity index (χ3v) is 3.23. The van der Waals surface area contributed by atoms with Gasteiger partial charge in [-0.15, -0.1) is 0 Å². The van der Waals surface area contributed by atoms with Gasteiger partial charge < -0.3 is 19.5 Å². The Hall–Kier alpha value is -2.53. The Balaban J connectivity index is 1.86. The highest BCUT2D eigenvalue weighted by Gasteiger charge is 2.15. The van der Waals surface area contributed by atoms with E-state index in [4.69, 9.17) is 14.2 Å². The molecule has 0 radical (unpaired) electrons. The van der Waals surface area contributed by atoms with Gasteiger partial charge in [-0.1, -0.05) is 24.3 Å². The minimum absolute atomic E-state index is 0.217. The van der Waals surface area contributed by atoms with Crippen molar-refractivity contribution < 1.29 is 19.0 Å². The summed E-state index contributed by atoms with van der Waals surface area (Å²) in [6.45, 7) is 5.33. The van der Waals surface area contributed by atoms with Crippen molar-refractivity contribution in [3.8, 4) is 11.5 Å². The molecule has 0 fully saturated rings. The van der Waals surface area contributed by atoms with Crippen LogP contribution in [0, 0.1) is 0 Å². The van der Waals surface area contributed by atoms with E-state index in [1.165, 1.54) is 0 Å². The fourth-order valence-corrected chi connectivity index (χ4v) is 2.03. The van der Waals surface area contributed by atoms with E-state index in [1.54, 1.807) is 13.0 Å². The van der Waals surface area contributed by atoms with Crippen LogP contribution in [0.5, 0.6) is 11.5 Å². The Bertz CT molecular complexity index is 630. The Morgan fingerprint density at radius 2 is 1.79 bits per heavy atom. The number of rotatable bonds is 9. The van der Waals surface area contributed by atoms with Crippen LogP contribution in [0.2, 0.25) is 0 Å². The zero-order valence-corrected chi connectivity index (χ0v) is 14.0. The molecule has 0 saturated heterocycles. The van der Waals surface area contributed by atoms with Gasteiger partial charge in [0, 0.05) is 18.4 Å². The van der Waals surface area contributed by atoms with E-state index in [9.17, 15) is 4.79 Å². The van der Waals surface area contributed by atoms with E-state index in [-0.39, 0.29) is 5.91 Å². The number of anilines is 1. The standard InChI is InChI=1S/C19H23NO4/c1-3-22-12-13-23-18-11-7-8-16(14-18)20-19(21)15(2)24-17-9-5-4-6-10-17/h4-11,14-15H,3,12-13H2,1-2H3,(H,20,21). The topological polar surface area (TPSA) is 56.8 Å². The number of hydrogen-bond acceptors (Lipinski definition) is 4. The molecule has 0 heterocycles. The highest BCUT2D eigenvalue weighted by Crippen LogP contribution is 2.18. The molecule has 2 aromatic rings. The molecule has 128 valence electrons. The molecule has 0 aliphatic rings. The van der Waals surface area contributed by atoms with Crippen molar-refractivity contribution in [3.63, 3.8) is 0 Å². The lowest BCUT2D eigenvalue weighted by Crippen LogP contribution is -2.30. The van der Waals surface area contributed by atoms with E-state index >= 15 is 0 Å². The summed E-state index contributed by atoms with van der Waals surface area (Å²) in [4.78, 5) is 12.2. The van der Waals surface area contributed by atoms with E-state index in [0.29, 0.717) is 37.0 Å². The lowest BCUT2D eigenvalue weighted by molar-refractivity contribution is -0.122. The van der Waals surface area contributed by atoms with Crippen LogP contribution in [0.1, 0.15) is 13.8 Å². The van der Waals surface area contributed by atoms with Gasteiger partial charge in [-0.3, -0.25) is 4.79 Å². The summed E-state index contributed by atoms with van der Waals surface area (Å²) in [6, 6.07) is 16.5. The van der Waals surface area contributed by atoms with Crippen molar-refractivity contribution in [3.05, 3.63) is 54.6 Å². The lowest BCUT2D eigenvalue weighted by Gasteiger charge is -2.15. The molecule has 1 unspecified atom stereocenters. The van der Waals surface area contributed by atoms with E-state index in [0.717, 1.165) is 0 Å². The molecule has 0 saturated carbocycles. The fourth-order valence-electron chi connectivity index (χ4n) is 2.03. The largest absolute Gasteiger partial charge is 0.491 e. The third kappa shape index (κ3) is 5.93. The normalized spacial score (nSPS) is 11.6. The molecular weight excluding hydrogens is 306 g/mol. The molecule has 5 heteroatoms. The van der Waals surface area contributed by atoms with Crippen molar-refractivity contribution in [1.82, 2.24) is 0 Å². The van der Waals surface area contributed by atoms with Gasteiger partial charge in [-0.05, 0) is 38.1 Å². The van der Waals surface area contributed by atoms with Crippen LogP contribution in [0.15, 0.2) is 54.6 Å². The Labute approximate surface area is 142 Å². The summed E-state index contributed by atoms with van der Waals surface area (Å²) in [7, 11) is 0. The molecule has 2 aromatic carbocycles. The van der Waals surface area contributed by atoms with E-state index in [2.05, 4.69) is 5.32 Å². The molecule has 2 rings (SSSR count). The van der Waals surface area contributed by atoms with Crippen LogP contribution in [-0.4, -0.2) is 31.8 Å². The molecule has 0 aliphatic carbocycles. The molecule has 0 spiro atoms. The van der Waals surface area contributed by atoms with Gasteiger partial charge >= 0.3 is 0 Å². The minimum atomic E-state index is -0.602. The molecule has 5 nitrogen and oxygen atoms in total. The second kappa shape index (κ2) is 9.57. The summed E-state index contributed by atoms with van der Waals surface area (Å²) in [5.41, 5.74) is 0.664. The smallest absolute Gasteiger partial charge is 0.265 e. The summed E-state index contributed by atoms with van der Waals surface area (Å²) < 4.78 is 16.4. The monoisotopic (exact) mass is 329 g/mol. The number of amides is 1. The van der Waals surface area contributed by atoms with Crippen LogP contribution >= 0.6 is 0 Å². The predicted molar refractivity (Wildman–Crippen MR) is 93.6 cm³/mol. The second-order valence-corrected chi connectivity index (χ2v) is 5.14. The third-order valence-electron chi connectivity index (χ3n) is 3.23. The number of carbonyl (C=O) groups is 1. The van der Waals surface area contributed by atoms with Crippen LogP contribution < -0.4 is 14.8 Å². The highest BCUT2D eigenvalue weighted by molar-refractivity contribution is 5.94. The van der Waals surface area contributed by atoms with Gasteiger partial charge in [0.2, 0.25) is 0 Å². The molecule has 0 aromatic heterocycles. The Kier molecular flexibility index (Phi) is 7.11. The minimum Gasteiger partial charge on any atom is -0.491 e. The molecule has 24 heavy (non-hydrogen) atoms. The predicted octanol–water partition coefficient (Wildman–Crippen LogP) is 3.51. The van der Waals surface area contributed by atoms with Gasteiger partial charge in [-0.25, -0.2) is 0 Å². The average molecular weight is 329 g/mol. The maximum Gasteiger partial charge on any atom is 0.265 e. The summed E-state index contributed by atoms with van der Waals surface area (Å²) in [5.74, 6) is 1.13. The number of benzene rings is 2. The molecule has 0 bridgehead atoms. The molecule has 0 aliphatic heterocycles. The van der Waals surface area contributed by atoms with Gasteiger partial charge in [0.15, 0.2) is 6.10 Å². The first kappa shape index (κ1) is 17.8. The van der Waals surface area contributed by atoms with Crippen molar-refractivity contribution in [2.75, 3.05) is 25.1 Å². The van der Waals surface area contributed by atoms with Gasteiger partial charge in [0.05, 0.1) is 6.61 Å². The molecule has 1 amide bonds. The molecule has 1 atom stereocenters. The molecule has 1 N–H and O–H groups in total. The van der Waals surface area contributed by atoms with Crippen LogP contribution in [-0.2, 0) is 9.53 Å². The second-order valence-electron chi connectivity index (χ2n) is 5.14. The number of ether oxygens (including phenoxy) is 3. The number of para-hydroxylation sites is 1. The number of nitrogens with one attached hydrogen (secondary N) is 1. The lowest BCUT2D eigenvalue weighted by atomic mass is 10.2. The van der Waals surface area contributed by atoms with Gasteiger partial charge in [0.25, 0.3) is 5.91 Å². The zero-order chi connectivity index (χ0) is 17.2. The maximum absolute atomic E-state index is 12.2. The van der Waals surface area contributed by atoms with Gasteiger partial charge in [0.1, 0.15) is 18.1 Å². The van der Waals surface area contributed by atoms with E-state index < -0.39 is 6.10 Å². The van der Waals surface area contributed by atoms with Crippen LogP contribution in [0.25, 0.3) is 0 Å². The average Bonchev–Trinajstić information content (AvgIpc) is 2.60. The maximum atomic E-state index is 12.2.